The number of hydrogen-bond donors (Lipinski definition) is 3. The Labute approximate surface area is 184 Å². The summed E-state index contributed by atoms with van der Waals surface area (Å²) in [4.78, 5) is 20.7. The van der Waals surface area contributed by atoms with Gasteiger partial charge in [-0.25, -0.2) is 4.79 Å². The second-order valence-corrected chi connectivity index (χ2v) is 7.97. The third-order valence-electron chi connectivity index (χ3n) is 3.25. The Morgan fingerprint density at radius 3 is 2.43 bits per heavy atom. The molecule has 0 aliphatic carbocycles. The molecule has 0 fully saturated rings. The van der Waals surface area contributed by atoms with Crippen molar-refractivity contribution in [2.45, 2.75) is 72.4 Å². The Morgan fingerprint density at radius 2 is 1.89 bits per heavy atom. The lowest BCUT2D eigenvalue weighted by Crippen LogP contribution is -2.49. The van der Waals surface area contributed by atoms with Crippen molar-refractivity contribution < 1.29 is 14.1 Å². The molecule has 1 aromatic heterocycles. The van der Waals surface area contributed by atoms with Gasteiger partial charge in [0.2, 0.25) is 5.89 Å². The highest BCUT2D eigenvalue weighted by Crippen LogP contribution is 2.09. The number of carbonyl (C=O) groups is 1. The molecule has 0 unspecified atom stereocenters. The van der Waals surface area contributed by atoms with E-state index in [4.69, 9.17) is 9.26 Å². The van der Waals surface area contributed by atoms with E-state index in [-0.39, 0.29) is 24.0 Å². The fourth-order valence-corrected chi connectivity index (χ4v) is 2.13. The summed E-state index contributed by atoms with van der Waals surface area (Å²) in [5.41, 5.74) is -1.07. The number of nitrogens with zero attached hydrogens (tertiary/aromatic N) is 3. The summed E-state index contributed by atoms with van der Waals surface area (Å²) in [7, 11) is 0. The maximum atomic E-state index is 12.0. The number of ether oxygens (including phenoxy) is 1. The highest BCUT2D eigenvalue weighted by molar-refractivity contribution is 14.0. The van der Waals surface area contributed by atoms with Gasteiger partial charge in [-0.1, -0.05) is 5.16 Å². The molecular formula is C18H35IN6O3. The quantitative estimate of drug-likeness (QED) is 0.213. The van der Waals surface area contributed by atoms with E-state index in [2.05, 4.69) is 31.1 Å². The summed E-state index contributed by atoms with van der Waals surface area (Å²) in [5.74, 6) is 1.98. The van der Waals surface area contributed by atoms with E-state index >= 15 is 0 Å². The van der Waals surface area contributed by atoms with Gasteiger partial charge >= 0.3 is 6.09 Å². The summed E-state index contributed by atoms with van der Waals surface area (Å²) >= 11 is 0. The van der Waals surface area contributed by atoms with Gasteiger partial charge in [0.05, 0.1) is 12.1 Å². The normalized spacial score (nSPS) is 12.2. The average Bonchev–Trinajstić information content (AvgIpc) is 2.92. The monoisotopic (exact) mass is 510 g/mol. The van der Waals surface area contributed by atoms with Gasteiger partial charge in [0.1, 0.15) is 5.60 Å². The highest BCUT2D eigenvalue weighted by atomic mass is 127. The van der Waals surface area contributed by atoms with Crippen LogP contribution in [0.2, 0.25) is 0 Å². The van der Waals surface area contributed by atoms with Gasteiger partial charge in [0, 0.05) is 19.5 Å². The number of guanidine groups is 1. The summed E-state index contributed by atoms with van der Waals surface area (Å²) in [5, 5.41) is 13.1. The third kappa shape index (κ3) is 12.0. The maximum absolute atomic E-state index is 12.0. The lowest BCUT2D eigenvalue weighted by Gasteiger charge is -2.27. The molecule has 0 aliphatic heterocycles. The fraction of sp³-hybridized carbons (Fsp3) is 0.778. The van der Waals surface area contributed by atoms with Crippen molar-refractivity contribution in [2.24, 2.45) is 4.99 Å². The first kappa shape index (κ1) is 26.4. The number of aromatic nitrogens is 2. The molecule has 1 amide bonds. The zero-order chi connectivity index (χ0) is 20.5. The van der Waals surface area contributed by atoms with Gasteiger partial charge in [0.15, 0.2) is 11.8 Å². The standard InChI is InChI=1S/C18H34N6O3.HI/c1-8-19-15(20-11-9-10-14-22-13(2)24-27-14)21-12-18(6,7)23-16(25)26-17(3,4)5;/h8-12H2,1-7H3,(H,23,25)(H2,19,20,21);1H. The summed E-state index contributed by atoms with van der Waals surface area (Å²) in [6.45, 7) is 15.0. The van der Waals surface area contributed by atoms with E-state index < -0.39 is 17.2 Å². The smallest absolute Gasteiger partial charge is 0.408 e. The molecule has 3 N–H and O–H groups in total. The Morgan fingerprint density at radius 1 is 1.21 bits per heavy atom. The molecule has 1 rings (SSSR count). The summed E-state index contributed by atoms with van der Waals surface area (Å²) in [6, 6.07) is 0. The molecule has 28 heavy (non-hydrogen) atoms. The topological polar surface area (TPSA) is 114 Å². The van der Waals surface area contributed by atoms with Gasteiger partial charge in [-0.2, -0.15) is 4.98 Å². The Hall–Kier alpha value is -1.59. The van der Waals surface area contributed by atoms with E-state index in [0.717, 1.165) is 13.0 Å². The molecule has 0 radical (unpaired) electrons. The minimum absolute atomic E-state index is 0. The zero-order valence-corrected chi connectivity index (χ0v) is 20.3. The lowest BCUT2D eigenvalue weighted by atomic mass is 10.1. The zero-order valence-electron chi connectivity index (χ0n) is 18.0. The van der Waals surface area contributed by atoms with Crippen LogP contribution in [-0.4, -0.2) is 53.0 Å². The minimum atomic E-state index is -0.536. The molecule has 0 bridgehead atoms. The first-order valence-corrected chi connectivity index (χ1v) is 9.33. The molecule has 162 valence electrons. The number of nitrogens with one attached hydrogen (secondary N) is 3. The van der Waals surface area contributed by atoms with E-state index in [1.807, 2.05) is 41.5 Å². The van der Waals surface area contributed by atoms with Gasteiger partial charge < -0.3 is 25.2 Å². The van der Waals surface area contributed by atoms with E-state index in [0.29, 0.717) is 37.2 Å². The number of hydrogen-bond acceptors (Lipinski definition) is 6. The number of alkyl carbamates (subject to hydrolysis) is 1. The summed E-state index contributed by atoms with van der Waals surface area (Å²) < 4.78 is 10.4. The second kappa shape index (κ2) is 12.1. The molecule has 9 nitrogen and oxygen atoms in total. The second-order valence-electron chi connectivity index (χ2n) is 7.97. The van der Waals surface area contributed by atoms with Crippen LogP contribution in [0, 0.1) is 6.92 Å². The minimum Gasteiger partial charge on any atom is -0.444 e. The molecule has 10 heteroatoms. The van der Waals surface area contributed by atoms with Crippen molar-refractivity contribution >= 4 is 36.0 Å². The SMILES string of the molecule is CCNC(=NCC(C)(C)NC(=O)OC(C)(C)C)NCCCc1nc(C)no1.I. The Balaban J connectivity index is 0.00000729. The predicted octanol–water partition coefficient (Wildman–Crippen LogP) is 2.79. The van der Waals surface area contributed by atoms with Crippen LogP contribution in [0.3, 0.4) is 0 Å². The summed E-state index contributed by atoms with van der Waals surface area (Å²) in [6.07, 6.45) is 1.10. The number of halogens is 1. The van der Waals surface area contributed by atoms with Crippen LogP contribution < -0.4 is 16.0 Å². The van der Waals surface area contributed by atoms with Crippen molar-refractivity contribution in [1.82, 2.24) is 26.1 Å². The predicted molar refractivity (Wildman–Crippen MR) is 120 cm³/mol. The Kier molecular flexibility index (Phi) is 11.4. The van der Waals surface area contributed by atoms with Gasteiger partial charge in [0.25, 0.3) is 0 Å². The lowest BCUT2D eigenvalue weighted by molar-refractivity contribution is 0.0476. The molecule has 0 aromatic carbocycles. The number of amides is 1. The molecule has 1 aromatic rings. The highest BCUT2D eigenvalue weighted by Gasteiger charge is 2.24. The maximum Gasteiger partial charge on any atom is 0.408 e. The molecule has 0 saturated carbocycles. The van der Waals surface area contributed by atoms with Crippen LogP contribution in [0.25, 0.3) is 0 Å². The van der Waals surface area contributed by atoms with Gasteiger partial charge in [-0.05, 0) is 54.9 Å². The van der Waals surface area contributed by atoms with Crippen LogP contribution in [0.15, 0.2) is 9.52 Å². The molecule has 0 spiro atoms. The molecule has 0 aliphatic rings. The van der Waals surface area contributed by atoms with Crippen LogP contribution in [0.4, 0.5) is 4.79 Å². The van der Waals surface area contributed by atoms with Crippen molar-refractivity contribution in [3.05, 3.63) is 11.7 Å². The number of carbonyl (C=O) groups excluding carboxylic acids is 1. The van der Waals surface area contributed by atoms with Crippen LogP contribution in [0.1, 0.15) is 59.7 Å². The van der Waals surface area contributed by atoms with Crippen molar-refractivity contribution in [3.63, 3.8) is 0 Å². The van der Waals surface area contributed by atoms with Crippen molar-refractivity contribution in [3.8, 4) is 0 Å². The van der Waals surface area contributed by atoms with Crippen LogP contribution in [0.5, 0.6) is 0 Å². The van der Waals surface area contributed by atoms with Crippen LogP contribution >= 0.6 is 24.0 Å². The van der Waals surface area contributed by atoms with Gasteiger partial charge in [-0.3, -0.25) is 4.99 Å². The van der Waals surface area contributed by atoms with E-state index in [1.54, 1.807) is 6.92 Å². The largest absolute Gasteiger partial charge is 0.444 e. The number of rotatable bonds is 8. The molecule has 0 saturated heterocycles. The Bertz CT molecular complexity index is 625. The van der Waals surface area contributed by atoms with Crippen molar-refractivity contribution in [2.75, 3.05) is 19.6 Å². The van der Waals surface area contributed by atoms with Crippen molar-refractivity contribution in [1.29, 1.82) is 0 Å². The molecule has 0 atom stereocenters. The first-order chi connectivity index (χ1) is 12.5. The number of aryl methyl sites for hydroxylation is 2. The van der Waals surface area contributed by atoms with Gasteiger partial charge in [-0.15, -0.1) is 24.0 Å². The van der Waals surface area contributed by atoms with E-state index in [9.17, 15) is 4.79 Å². The molecule has 1 heterocycles. The first-order valence-electron chi connectivity index (χ1n) is 9.33. The number of aliphatic imine (C=N–C) groups is 1. The molecular weight excluding hydrogens is 475 g/mol. The van der Waals surface area contributed by atoms with E-state index in [1.165, 1.54) is 0 Å². The average molecular weight is 510 g/mol. The third-order valence-corrected chi connectivity index (χ3v) is 3.25. The fourth-order valence-electron chi connectivity index (χ4n) is 2.13. The van der Waals surface area contributed by atoms with Crippen LogP contribution in [-0.2, 0) is 11.2 Å².